The molecule has 182 valence electrons. The standard InChI is InChI=1S/C28H26ClNO2.C2H6S/c1-4-22(26(5-2)28(31)32-3)11-7-10-20-8-6-9-21(18-20)12-16-25-17-14-23-13-15-24(29)19-27(23)30-25;1-2-3/h4-6,8-9,12-19H,1-2,7,10-11H2,3H3;3H,2H2,1H3/b16-12+,26-22-;. The number of carbonyl (C=O) groups is 1. The van der Waals surface area contributed by atoms with Crippen molar-refractivity contribution < 1.29 is 9.53 Å². The maximum absolute atomic E-state index is 11.9. The summed E-state index contributed by atoms with van der Waals surface area (Å²) in [5.74, 6) is 0.562. The summed E-state index contributed by atoms with van der Waals surface area (Å²) < 4.78 is 4.82. The molecule has 3 aromatic rings. The molecule has 2 aromatic carbocycles. The Labute approximate surface area is 219 Å². The van der Waals surface area contributed by atoms with Crippen LogP contribution in [0.4, 0.5) is 0 Å². The minimum absolute atomic E-state index is 0.383. The molecule has 0 aliphatic rings. The van der Waals surface area contributed by atoms with Crippen LogP contribution >= 0.6 is 24.2 Å². The molecule has 0 aliphatic heterocycles. The van der Waals surface area contributed by atoms with Crippen LogP contribution in [0.2, 0.25) is 5.02 Å². The fourth-order valence-electron chi connectivity index (χ4n) is 3.52. The van der Waals surface area contributed by atoms with E-state index in [4.69, 9.17) is 16.3 Å². The lowest BCUT2D eigenvalue weighted by Gasteiger charge is -2.08. The molecule has 0 atom stereocenters. The number of hydrogen-bond donors (Lipinski definition) is 1. The highest BCUT2D eigenvalue weighted by molar-refractivity contribution is 7.80. The molecule has 0 radical (unpaired) electrons. The van der Waals surface area contributed by atoms with Crippen LogP contribution < -0.4 is 0 Å². The number of ether oxygens (including phenoxy) is 1. The Morgan fingerprint density at radius 2 is 1.83 bits per heavy atom. The monoisotopic (exact) mass is 505 g/mol. The molecule has 0 amide bonds. The van der Waals surface area contributed by atoms with Gasteiger partial charge in [0.05, 0.1) is 23.9 Å². The van der Waals surface area contributed by atoms with Gasteiger partial charge in [-0.2, -0.15) is 12.6 Å². The summed E-state index contributed by atoms with van der Waals surface area (Å²) in [7, 11) is 1.37. The van der Waals surface area contributed by atoms with E-state index in [1.54, 1.807) is 6.08 Å². The van der Waals surface area contributed by atoms with Gasteiger partial charge in [0.15, 0.2) is 0 Å². The fourth-order valence-corrected chi connectivity index (χ4v) is 3.68. The molecule has 0 bridgehead atoms. The highest BCUT2D eigenvalue weighted by Gasteiger charge is 2.10. The van der Waals surface area contributed by atoms with Crippen LogP contribution in [-0.2, 0) is 16.0 Å². The second-order valence-corrected chi connectivity index (χ2v) is 8.73. The van der Waals surface area contributed by atoms with Gasteiger partial charge in [0.25, 0.3) is 0 Å². The first-order valence-corrected chi connectivity index (χ1v) is 12.5. The quantitative estimate of drug-likeness (QED) is 0.138. The zero-order valence-electron chi connectivity index (χ0n) is 20.3. The number of methoxy groups -OCH3 is 1. The maximum Gasteiger partial charge on any atom is 0.338 e. The van der Waals surface area contributed by atoms with Gasteiger partial charge in [0, 0.05) is 10.4 Å². The van der Waals surface area contributed by atoms with E-state index in [0.29, 0.717) is 10.6 Å². The predicted molar refractivity (Wildman–Crippen MR) is 154 cm³/mol. The molecule has 0 unspecified atom stereocenters. The molecule has 0 aliphatic carbocycles. The number of thiol groups is 1. The maximum atomic E-state index is 11.9. The Bertz CT molecular complexity index is 1230. The Hall–Kier alpha value is -3.08. The average Bonchev–Trinajstić information content (AvgIpc) is 2.87. The zero-order valence-corrected chi connectivity index (χ0v) is 22.0. The Kier molecular flexibility index (Phi) is 12.1. The summed E-state index contributed by atoms with van der Waals surface area (Å²) in [6, 6.07) is 18.2. The molecular weight excluding hydrogens is 474 g/mol. The number of allylic oxidation sites excluding steroid dienone is 2. The number of aromatic nitrogens is 1. The minimum Gasteiger partial charge on any atom is -0.465 e. The highest BCUT2D eigenvalue weighted by Crippen LogP contribution is 2.20. The Balaban J connectivity index is 0.00000137. The number of halogens is 1. The third-order valence-corrected chi connectivity index (χ3v) is 5.42. The number of nitrogens with zero attached hydrogens (tertiary/aromatic N) is 1. The second-order valence-electron chi connectivity index (χ2n) is 7.66. The second kappa shape index (κ2) is 15.0. The van der Waals surface area contributed by atoms with Gasteiger partial charge in [-0.15, -0.1) is 0 Å². The van der Waals surface area contributed by atoms with Crippen molar-refractivity contribution in [2.75, 3.05) is 12.9 Å². The van der Waals surface area contributed by atoms with Gasteiger partial charge < -0.3 is 4.74 Å². The van der Waals surface area contributed by atoms with Crippen molar-refractivity contribution in [1.82, 2.24) is 4.98 Å². The molecule has 0 spiro atoms. The van der Waals surface area contributed by atoms with Crippen molar-refractivity contribution in [2.45, 2.75) is 26.2 Å². The lowest BCUT2D eigenvalue weighted by molar-refractivity contribution is -0.135. The first kappa shape index (κ1) is 28.2. The predicted octanol–water partition coefficient (Wildman–Crippen LogP) is 8.16. The SMILES string of the molecule is C=C/C(CCCc1cccc(/C=C/c2ccc3ccc(Cl)cc3n2)c1)=C(\C=C)C(=O)OC.CCS. The van der Waals surface area contributed by atoms with E-state index in [2.05, 4.69) is 61.1 Å². The summed E-state index contributed by atoms with van der Waals surface area (Å²) in [6.45, 7) is 9.53. The number of esters is 1. The van der Waals surface area contributed by atoms with Crippen LogP contribution in [0.3, 0.4) is 0 Å². The van der Waals surface area contributed by atoms with Crippen molar-refractivity contribution in [1.29, 1.82) is 0 Å². The van der Waals surface area contributed by atoms with Crippen LogP contribution in [0.15, 0.2) is 91.1 Å². The molecule has 1 aromatic heterocycles. The molecule has 0 fully saturated rings. The lowest BCUT2D eigenvalue weighted by atomic mass is 9.99. The molecule has 3 rings (SSSR count). The van der Waals surface area contributed by atoms with E-state index in [-0.39, 0.29) is 5.97 Å². The van der Waals surface area contributed by atoms with Gasteiger partial charge in [-0.25, -0.2) is 9.78 Å². The molecule has 0 N–H and O–H groups in total. The van der Waals surface area contributed by atoms with Gasteiger partial charge in [-0.1, -0.05) is 86.3 Å². The molecule has 0 saturated heterocycles. The van der Waals surface area contributed by atoms with E-state index in [9.17, 15) is 4.79 Å². The Morgan fingerprint density at radius 3 is 2.51 bits per heavy atom. The summed E-state index contributed by atoms with van der Waals surface area (Å²) in [5.41, 5.74) is 5.42. The number of rotatable bonds is 9. The van der Waals surface area contributed by atoms with E-state index in [1.165, 1.54) is 18.7 Å². The fraction of sp³-hybridized carbons (Fsp3) is 0.200. The zero-order chi connectivity index (χ0) is 25.6. The highest BCUT2D eigenvalue weighted by atomic mass is 35.5. The van der Waals surface area contributed by atoms with Crippen molar-refractivity contribution in [3.05, 3.63) is 113 Å². The van der Waals surface area contributed by atoms with Crippen molar-refractivity contribution in [3.63, 3.8) is 0 Å². The molecule has 1 heterocycles. The van der Waals surface area contributed by atoms with Gasteiger partial charge in [0.1, 0.15) is 0 Å². The Morgan fingerprint density at radius 1 is 1.09 bits per heavy atom. The van der Waals surface area contributed by atoms with Crippen LogP contribution in [0, 0.1) is 0 Å². The largest absolute Gasteiger partial charge is 0.465 e. The normalized spacial score (nSPS) is 11.4. The number of hydrogen-bond acceptors (Lipinski definition) is 4. The lowest BCUT2D eigenvalue weighted by Crippen LogP contribution is -2.05. The summed E-state index contributed by atoms with van der Waals surface area (Å²) in [5, 5.41) is 1.74. The molecular formula is C30H32ClNO2S. The van der Waals surface area contributed by atoms with Crippen LogP contribution in [0.5, 0.6) is 0 Å². The first-order valence-electron chi connectivity index (χ1n) is 11.5. The van der Waals surface area contributed by atoms with E-state index in [1.807, 2.05) is 43.3 Å². The van der Waals surface area contributed by atoms with Crippen LogP contribution in [0.25, 0.3) is 23.1 Å². The molecule has 35 heavy (non-hydrogen) atoms. The van der Waals surface area contributed by atoms with Crippen LogP contribution in [-0.4, -0.2) is 23.8 Å². The van der Waals surface area contributed by atoms with Gasteiger partial charge in [0.2, 0.25) is 0 Å². The van der Waals surface area contributed by atoms with Gasteiger partial charge >= 0.3 is 5.97 Å². The smallest absolute Gasteiger partial charge is 0.338 e. The third kappa shape index (κ3) is 8.89. The average molecular weight is 506 g/mol. The summed E-state index contributed by atoms with van der Waals surface area (Å²) in [6.07, 6.45) is 9.80. The molecule has 3 nitrogen and oxygen atoms in total. The number of carbonyl (C=O) groups excluding carboxylic acids is 1. The van der Waals surface area contributed by atoms with Crippen LogP contribution in [0.1, 0.15) is 36.6 Å². The number of pyridine rings is 1. The first-order chi connectivity index (χ1) is 16.9. The topological polar surface area (TPSA) is 39.2 Å². The number of aryl methyl sites for hydroxylation is 1. The van der Waals surface area contributed by atoms with E-state index >= 15 is 0 Å². The van der Waals surface area contributed by atoms with Crippen molar-refractivity contribution >= 4 is 53.3 Å². The minimum atomic E-state index is -0.383. The van der Waals surface area contributed by atoms with Crippen molar-refractivity contribution in [3.8, 4) is 0 Å². The number of fused-ring (bicyclic) bond motifs is 1. The third-order valence-electron chi connectivity index (χ3n) is 5.19. The molecule has 5 heteroatoms. The summed E-state index contributed by atoms with van der Waals surface area (Å²) >= 11 is 9.87. The van der Waals surface area contributed by atoms with Gasteiger partial charge in [-0.3, -0.25) is 0 Å². The van der Waals surface area contributed by atoms with E-state index < -0.39 is 0 Å². The summed E-state index contributed by atoms with van der Waals surface area (Å²) in [4.78, 5) is 16.5. The van der Waals surface area contributed by atoms with Crippen molar-refractivity contribution in [2.24, 2.45) is 0 Å². The number of benzene rings is 2. The van der Waals surface area contributed by atoms with E-state index in [0.717, 1.165) is 52.7 Å². The molecule has 0 saturated carbocycles. The van der Waals surface area contributed by atoms with Gasteiger partial charge in [-0.05, 0) is 66.0 Å².